The van der Waals surface area contributed by atoms with Gasteiger partial charge in [-0.15, -0.1) is 0 Å². The Balaban J connectivity index is 2.07. The predicted molar refractivity (Wildman–Crippen MR) is 75.4 cm³/mol. The number of likely N-dealkylation sites (tertiary alicyclic amines) is 1. The second-order valence-corrected chi connectivity index (χ2v) is 4.71. The number of hydrogen-bond acceptors (Lipinski definition) is 3. The number of urea groups is 1. The van der Waals surface area contributed by atoms with Crippen molar-refractivity contribution in [1.29, 1.82) is 0 Å². The Bertz CT molecular complexity index is 436. The maximum atomic E-state index is 12.3. The van der Waals surface area contributed by atoms with Gasteiger partial charge in [0.1, 0.15) is 5.75 Å². The van der Waals surface area contributed by atoms with Gasteiger partial charge in [-0.25, -0.2) is 4.79 Å². The zero-order valence-corrected chi connectivity index (χ0v) is 11.3. The molecule has 3 N–H and O–H groups in total. The molecule has 0 saturated carbocycles. The summed E-state index contributed by atoms with van der Waals surface area (Å²) < 4.78 is 5.23. The average molecular weight is 263 g/mol. The zero-order chi connectivity index (χ0) is 13.7. The lowest BCUT2D eigenvalue weighted by Gasteiger charge is -2.35. The summed E-state index contributed by atoms with van der Waals surface area (Å²) >= 11 is 0. The number of nitrogens with two attached hydrogens (primary N) is 1. The third-order valence-electron chi connectivity index (χ3n) is 3.51. The normalized spacial score (nSPS) is 19.1. The molecule has 1 saturated heterocycles. The van der Waals surface area contributed by atoms with Crippen LogP contribution in [0.1, 0.15) is 19.3 Å². The van der Waals surface area contributed by atoms with Crippen LogP contribution in [0.25, 0.3) is 0 Å². The van der Waals surface area contributed by atoms with Crippen molar-refractivity contribution in [3.63, 3.8) is 0 Å². The SMILES string of the molecule is COc1ccccc1NC(=O)N1CCCCC1CN. The molecule has 0 bridgehead atoms. The molecule has 5 heteroatoms. The van der Waals surface area contributed by atoms with Crippen molar-refractivity contribution in [3.8, 4) is 5.75 Å². The second kappa shape index (κ2) is 6.43. The van der Waals surface area contributed by atoms with E-state index >= 15 is 0 Å². The van der Waals surface area contributed by atoms with Gasteiger partial charge in [0.15, 0.2) is 0 Å². The lowest BCUT2D eigenvalue weighted by molar-refractivity contribution is 0.166. The van der Waals surface area contributed by atoms with E-state index in [0.717, 1.165) is 25.8 Å². The van der Waals surface area contributed by atoms with Crippen LogP contribution in [0, 0.1) is 0 Å². The number of carbonyl (C=O) groups excluding carboxylic acids is 1. The second-order valence-electron chi connectivity index (χ2n) is 4.71. The molecule has 5 nitrogen and oxygen atoms in total. The highest BCUT2D eigenvalue weighted by molar-refractivity contribution is 5.91. The van der Waals surface area contributed by atoms with Crippen molar-refractivity contribution < 1.29 is 9.53 Å². The summed E-state index contributed by atoms with van der Waals surface area (Å²) in [7, 11) is 1.59. The number of benzene rings is 1. The van der Waals surface area contributed by atoms with E-state index in [1.165, 1.54) is 0 Å². The summed E-state index contributed by atoms with van der Waals surface area (Å²) in [5, 5.41) is 2.90. The quantitative estimate of drug-likeness (QED) is 0.877. The van der Waals surface area contributed by atoms with Crippen LogP contribution in [-0.2, 0) is 0 Å². The maximum Gasteiger partial charge on any atom is 0.322 e. The van der Waals surface area contributed by atoms with E-state index in [-0.39, 0.29) is 12.1 Å². The predicted octanol–water partition coefficient (Wildman–Crippen LogP) is 2.04. The first kappa shape index (κ1) is 13.7. The molecular weight excluding hydrogens is 242 g/mol. The Hall–Kier alpha value is -1.75. The monoisotopic (exact) mass is 263 g/mol. The van der Waals surface area contributed by atoms with E-state index < -0.39 is 0 Å². The topological polar surface area (TPSA) is 67.6 Å². The molecule has 19 heavy (non-hydrogen) atoms. The minimum atomic E-state index is -0.0975. The number of methoxy groups -OCH3 is 1. The van der Waals surface area contributed by atoms with Crippen molar-refractivity contribution in [2.45, 2.75) is 25.3 Å². The van der Waals surface area contributed by atoms with Crippen LogP contribution >= 0.6 is 0 Å². The number of ether oxygens (including phenoxy) is 1. The summed E-state index contributed by atoms with van der Waals surface area (Å²) in [4.78, 5) is 14.1. The van der Waals surface area contributed by atoms with E-state index in [1.54, 1.807) is 7.11 Å². The number of nitrogens with zero attached hydrogens (tertiary/aromatic N) is 1. The highest BCUT2D eigenvalue weighted by Crippen LogP contribution is 2.24. The molecule has 1 aliphatic rings. The number of rotatable bonds is 3. The number of anilines is 1. The van der Waals surface area contributed by atoms with Crippen molar-refractivity contribution in [3.05, 3.63) is 24.3 Å². The Morgan fingerprint density at radius 1 is 1.47 bits per heavy atom. The molecule has 0 aromatic heterocycles. The van der Waals surface area contributed by atoms with Gasteiger partial charge in [0.2, 0.25) is 0 Å². The Morgan fingerprint density at radius 2 is 2.26 bits per heavy atom. The van der Waals surface area contributed by atoms with Gasteiger partial charge in [-0.05, 0) is 31.4 Å². The van der Waals surface area contributed by atoms with Gasteiger partial charge in [-0.1, -0.05) is 12.1 Å². The van der Waals surface area contributed by atoms with Crippen LogP contribution in [0.3, 0.4) is 0 Å². The molecule has 1 fully saturated rings. The molecule has 1 aromatic rings. The van der Waals surface area contributed by atoms with Gasteiger partial charge >= 0.3 is 6.03 Å². The Kier molecular flexibility index (Phi) is 4.63. The number of hydrogen-bond donors (Lipinski definition) is 2. The largest absolute Gasteiger partial charge is 0.495 e. The number of nitrogens with one attached hydrogen (secondary N) is 1. The molecular formula is C14H21N3O2. The minimum Gasteiger partial charge on any atom is -0.495 e. The number of carbonyl (C=O) groups is 1. The first-order valence-corrected chi connectivity index (χ1v) is 6.67. The van der Waals surface area contributed by atoms with Crippen LogP contribution in [0.2, 0.25) is 0 Å². The van der Waals surface area contributed by atoms with Gasteiger partial charge in [-0.3, -0.25) is 0 Å². The van der Waals surface area contributed by atoms with Gasteiger partial charge in [-0.2, -0.15) is 0 Å². The summed E-state index contributed by atoms with van der Waals surface area (Å²) in [6, 6.07) is 7.44. The standard InChI is InChI=1S/C14H21N3O2/c1-19-13-8-3-2-7-12(13)16-14(18)17-9-5-4-6-11(17)10-15/h2-3,7-8,11H,4-6,9-10,15H2,1H3,(H,16,18). The van der Waals surface area contributed by atoms with Gasteiger partial charge < -0.3 is 20.7 Å². The third kappa shape index (κ3) is 3.17. The summed E-state index contributed by atoms with van der Waals surface area (Å²) in [5.41, 5.74) is 6.43. The molecule has 2 amide bonds. The summed E-state index contributed by atoms with van der Waals surface area (Å²) in [6.45, 7) is 1.28. The highest BCUT2D eigenvalue weighted by atomic mass is 16.5. The van der Waals surface area contributed by atoms with Crippen LogP contribution in [0.4, 0.5) is 10.5 Å². The summed E-state index contributed by atoms with van der Waals surface area (Å²) in [6.07, 6.45) is 3.16. The van der Waals surface area contributed by atoms with Crippen molar-refractivity contribution in [2.75, 3.05) is 25.5 Å². The molecule has 0 aliphatic carbocycles. The van der Waals surface area contributed by atoms with Crippen molar-refractivity contribution in [2.24, 2.45) is 5.73 Å². The molecule has 1 aliphatic heterocycles. The minimum absolute atomic E-state index is 0.0975. The van der Waals surface area contributed by atoms with Crippen LogP contribution in [0.5, 0.6) is 5.75 Å². The number of para-hydroxylation sites is 2. The average Bonchev–Trinajstić information content (AvgIpc) is 2.47. The lowest BCUT2D eigenvalue weighted by Crippen LogP contribution is -2.49. The molecule has 1 unspecified atom stereocenters. The number of piperidine rings is 1. The maximum absolute atomic E-state index is 12.3. The molecule has 104 valence electrons. The molecule has 2 rings (SSSR count). The van der Waals surface area contributed by atoms with Gasteiger partial charge in [0, 0.05) is 19.1 Å². The van der Waals surface area contributed by atoms with E-state index in [2.05, 4.69) is 5.32 Å². The fourth-order valence-corrected chi connectivity index (χ4v) is 2.45. The van der Waals surface area contributed by atoms with Crippen molar-refractivity contribution >= 4 is 11.7 Å². The van der Waals surface area contributed by atoms with Crippen LogP contribution in [-0.4, -0.2) is 37.2 Å². The Labute approximate surface area is 113 Å². The molecule has 1 aromatic carbocycles. The van der Waals surface area contributed by atoms with Crippen LogP contribution in [0.15, 0.2) is 24.3 Å². The zero-order valence-electron chi connectivity index (χ0n) is 11.3. The number of amides is 2. The fraction of sp³-hybridized carbons (Fsp3) is 0.500. The fourth-order valence-electron chi connectivity index (χ4n) is 2.45. The molecule has 1 heterocycles. The van der Waals surface area contributed by atoms with E-state index in [4.69, 9.17) is 10.5 Å². The smallest absolute Gasteiger partial charge is 0.322 e. The highest BCUT2D eigenvalue weighted by Gasteiger charge is 2.25. The van der Waals surface area contributed by atoms with E-state index in [9.17, 15) is 4.79 Å². The first-order chi connectivity index (χ1) is 9.26. The van der Waals surface area contributed by atoms with Gasteiger partial charge in [0.05, 0.1) is 12.8 Å². The van der Waals surface area contributed by atoms with Crippen LogP contribution < -0.4 is 15.8 Å². The molecule has 1 atom stereocenters. The summed E-state index contributed by atoms with van der Waals surface area (Å²) in [5.74, 6) is 0.664. The lowest BCUT2D eigenvalue weighted by atomic mass is 10.0. The van der Waals surface area contributed by atoms with Gasteiger partial charge in [0.25, 0.3) is 0 Å². The van der Waals surface area contributed by atoms with Crippen molar-refractivity contribution in [1.82, 2.24) is 4.90 Å². The molecule has 0 radical (unpaired) electrons. The first-order valence-electron chi connectivity index (χ1n) is 6.67. The van der Waals surface area contributed by atoms with E-state index in [0.29, 0.717) is 18.0 Å². The Morgan fingerprint density at radius 3 is 3.00 bits per heavy atom. The van der Waals surface area contributed by atoms with E-state index in [1.807, 2.05) is 29.2 Å². The third-order valence-corrected chi connectivity index (χ3v) is 3.51. The molecule has 0 spiro atoms.